The zero-order valence-electron chi connectivity index (χ0n) is 12.6. The zero-order valence-corrected chi connectivity index (χ0v) is 13.4. The molecule has 1 fully saturated rings. The van der Waals surface area contributed by atoms with Gasteiger partial charge in [-0.3, -0.25) is 9.59 Å². The summed E-state index contributed by atoms with van der Waals surface area (Å²) in [7, 11) is 3.14. The average molecular weight is 330 g/mol. The molecule has 2 aromatic rings. The van der Waals surface area contributed by atoms with Crippen molar-refractivity contribution in [3.05, 3.63) is 41.0 Å². The lowest BCUT2D eigenvalue weighted by atomic mass is 10.1. The molecule has 23 heavy (non-hydrogen) atoms. The third kappa shape index (κ3) is 3.17. The van der Waals surface area contributed by atoms with E-state index in [2.05, 4.69) is 0 Å². The monoisotopic (exact) mass is 330 g/mol. The molecule has 0 unspecified atom stereocenters. The van der Waals surface area contributed by atoms with E-state index in [0.717, 1.165) is 17.3 Å². The summed E-state index contributed by atoms with van der Waals surface area (Å²) >= 11 is 0.961. The van der Waals surface area contributed by atoms with Crippen LogP contribution in [-0.4, -0.2) is 25.1 Å². The van der Waals surface area contributed by atoms with Crippen molar-refractivity contribution in [1.82, 2.24) is 0 Å². The largest absolute Gasteiger partial charge is 0.493 e. The SMILES string of the molecule is COc1ccc(-c2ccc(C=C3SC(=O)CC3=O)o2)cc1OC. The lowest BCUT2D eigenvalue weighted by Crippen LogP contribution is -1.91. The van der Waals surface area contributed by atoms with Crippen molar-refractivity contribution in [1.29, 1.82) is 0 Å². The molecular formula is C17H14O5S. The molecule has 0 N–H and O–H groups in total. The van der Waals surface area contributed by atoms with Gasteiger partial charge in [-0.15, -0.1) is 0 Å². The van der Waals surface area contributed by atoms with E-state index in [9.17, 15) is 9.59 Å². The number of Topliss-reactive ketones (excluding diaryl/α,β-unsaturated/α-hetero) is 1. The van der Waals surface area contributed by atoms with E-state index < -0.39 is 0 Å². The molecule has 0 spiro atoms. The van der Waals surface area contributed by atoms with Crippen molar-refractivity contribution >= 4 is 28.7 Å². The third-order valence-corrected chi connectivity index (χ3v) is 4.31. The highest BCUT2D eigenvalue weighted by Gasteiger charge is 2.26. The predicted octanol–water partition coefficient (Wildman–Crippen LogP) is 3.54. The maximum atomic E-state index is 11.6. The van der Waals surface area contributed by atoms with Gasteiger partial charge in [0, 0.05) is 5.56 Å². The molecule has 0 amide bonds. The van der Waals surface area contributed by atoms with E-state index >= 15 is 0 Å². The molecule has 5 nitrogen and oxygen atoms in total. The highest BCUT2D eigenvalue weighted by molar-refractivity contribution is 8.18. The lowest BCUT2D eigenvalue weighted by Gasteiger charge is -2.08. The van der Waals surface area contributed by atoms with Crippen molar-refractivity contribution < 1.29 is 23.5 Å². The minimum absolute atomic E-state index is 0.0419. The van der Waals surface area contributed by atoms with Crippen molar-refractivity contribution in [3.8, 4) is 22.8 Å². The molecule has 1 aliphatic rings. The number of ketones is 1. The normalized spacial score (nSPS) is 16.2. The van der Waals surface area contributed by atoms with Crippen LogP contribution >= 0.6 is 11.8 Å². The average Bonchev–Trinajstić information content (AvgIpc) is 3.13. The van der Waals surface area contributed by atoms with Gasteiger partial charge in [-0.1, -0.05) is 0 Å². The van der Waals surface area contributed by atoms with Gasteiger partial charge in [-0.25, -0.2) is 0 Å². The molecule has 1 saturated heterocycles. The number of hydrogen-bond donors (Lipinski definition) is 0. The fourth-order valence-electron chi connectivity index (χ4n) is 2.25. The number of methoxy groups -OCH3 is 2. The number of carbonyl (C=O) groups is 2. The van der Waals surface area contributed by atoms with Gasteiger partial charge in [0.05, 0.1) is 25.5 Å². The molecule has 2 heterocycles. The summed E-state index contributed by atoms with van der Waals surface area (Å²) in [5.74, 6) is 2.24. The predicted molar refractivity (Wildman–Crippen MR) is 87.4 cm³/mol. The minimum Gasteiger partial charge on any atom is -0.493 e. The van der Waals surface area contributed by atoms with Crippen LogP contribution in [0.1, 0.15) is 12.2 Å². The Morgan fingerprint density at radius 2 is 1.87 bits per heavy atom. The molecule has 0 atom stereocenters. The van der Waals surface area contributed by atoms with E-state index in [1.165, 1.54) is 0 Å². The topological polar surface area (TPSA) is 65.7 Å². The van der Waals surface area contributed by atoms with E-state index in [-0.39, 0.29) is 17.3 Å². The molecular weight excluding hydrogens is 316 g/mol. The highest BCUT2D eigenvalue weighted by Crippen LogP contribution is 2.35. The number of ether oxygens (including phenoxy) is 2. The van der Waals surface area contributed by atoms with E-state index in [1.807, 2.05) is 12.1 Å². The fourth-order valence-corrected chi connectivity index (χ4v) is 3.06. The van der Waals surface area contributed by atoms with Gasteiger partial charge in [-0.05, 0) is 48.2 Å². The van der Waals surface area contributed by atoms with Crippen LogP contribution in [0.3, 0.4) is 0 Å². The van der Waals surface area contributed by atoms with Crippen molar-refractivity contribution in [2.24, 2.45) is 0 Å². The fraction of sp³-hybridized carbons (Fsp3) is 0.176. The standard InChI is InChI=1S/C17H14O5S/c1-20-14-5-3-10(7-15(14)21-2)13-6-4-11(22-13)8-16-12(18)9-17(19)23-16/h3-8H,9H2,1-2H3. The van der Waals surface area contributed by atoms with Crippen LogP contribution in [0.15, 0.2) is 39.7 Å². The van der Waals surface area contributed by atoms with Crippen LogP contribution in [-0.2, 0) is 9.59 Å². The highest BCUT2D eigenvalue weighted by atomic mass is 32.2. The van der Waals surface area contributed by atoms with E-state index in [4.69, 9.17) is 13.9 Å². The molecule has 0 radical (unpaired) electrons. The Bertz CT molecular complexity index is 803. The minimum atomic E-state index is -0.163. The van der Waals surface area contributed by atoms with Gasteiger partial charge < -0.3 is 13.9 Å². The summed E-state index contributed by atoms with van der Waals surface area (Å²) in [6.07, 6.45) is 1.56. The summed E-state index contributed by atoms with van der Waals surface area (Å²) in [6, 6.07) is 9.03. The molecule has 1 aromatic carbocycles. The number of rotatable bonds is 4. The Kier molecular flexibility index (Phi) is 4.25. The Morgan fingerprint density at radius 1 is 1.09 bits per heavy atom. The van der Waals surface area contributed by atoms with E-state index in [1.54, 1.807) is 38.5 Å². The first-order valence-electron chi connectivity index (χ1n) is 6.88. The van der Waals surface area contributed by atoms with Gasteiger partial charge in [0.15, 0.2) is 17.3 Å². The van der Waals surface area contributed by atoms with Crippen LogP contribution in [0.2, 0.25) is 0 Å². The van der Waals surface area contributed by atoms with Gasteiger partial charge >= 0.3 is 0 Å². The smallest absolute Gasteiger partial charge is 0.201 e. The first-order valence-corrected chi connectivity index (χ1v) is 7.70. The number of allylic oxidation sites excluding steroid dienone is 1. The summed E-state index contributed by atoms with van der Waals surface area (Å²) in [6.45, 7) is 0. The second kappa shape index (κ2) is 6.34. The molecule has 0 aliphatic carbocycles. The molecule has 1 aromatic heterocycles. The quantitative estimate of drug-likeness (QED) is 0.631. The zero-order chi connectivity index (χ0) is 16.4. The molecule has 6 heteroatoms. The molecule has 118 valence electrons. The number of hydrogen-bond acceptors (Lipinski definition) is 6. The van der Waals surface area contributed by atoms with Crippen molar-refractivity contribution in [3.63, 3.8) is 0 Å². The summed E-state index contributed by atoms with van der Waals surface area (Å²) in [5.41, 5.74) is 0.828. The first-order chi connectivity index (χ1) is 11.1. The van der Waals surface area contributed by atoms with Crippen molar-refractivity contribution in [2.45, 2.75) is 6.42 Å². The maximum Gasteiger partial charge on any atom is 0.201 e. The molecule has 3 rings (SSSR count). The lowest BCUT2D eigenvalue weighted by molar-refractivity contribution is -0.119. The van der Waals surface area contributed by atoms with Crippen LogP contribution in [0.4, 0.5) is 0 Å². The molecule has 1 aliphatic heterocycles. The van der Waals surface area contributed by atoms with Gasteiger partial charge in [0.2, 0.25) is 5.12 Å². The van der Waals surface area contributed by atoms with Crippen molar-refractivity contribution in [2.75, 3.05) is 14.2 Å². The Balaban J connectivity index is 1.89. The second-order valence-electron chi connectivity index (χ2n) is 4.85. The van der Waals surface area contributed by atoms with Crippen LogP contribution < -0.4 is 9.47 Å². The Hall–Kier alpha value is -2.47. The van der Waals surface area contributed by atoms with E-state index in [0.29, 0.717) is 27.9 Å². The maximum absolute atomic E-state index is 11.6. The third-order valence-electron chi connectivity index (χ3n) is 3.37. The first kappa shape index (κ1) is 15.4. The molecule has 0 bridgehead atoms. The van der Waals surface area contributed by atoms with Crippen LogP contribution in [0.25, 0.3) is 17.4 Å². The molecule has 0 saturated carbocycles. The summed E-state index contributed by atoms with van der Waals surface area (Å²) in [4.78, 5) is 23.3. The number of carbonyl (C=O) groups excluding carboxylic acids is 2. The van der Waals surface area contributed by atoms with Gasteiger partial charge in [0.1, 0.15) is 11.5 Å². The Labute approximate surface area is 137 Å². The summed E-state index contributed by atoms with van der Waals surface area (Å²) < 4.78 is 16.2. The number of thioether (sulfide) groups is 1. The van der Waals surface area contributed by atoms with Gasteiger partial charge in [-0.2, -0.15) is 0 Å². The Morgan fingerprint density at radius 3 is 2.52 bits per heavy atom. The van der Waals surface area contributed by atoms with Crippen LogP contribution in [0, 0.1) is 0 Å². The second-order valence-corrected chi connectivity index (χ2v) is 5.95. The number of furan rings is 1. The van der Waals surface area contributed by atoms with Crippen LogP contribution in [0.5, 0.6) is 11.5 Å². The number of benzene rings is 1. The van der Waals surface area contributed by atoms with Gasteiger partial charge in [0.25, 0.3) is 0 Å². The summed E-state index contributed by atoms with van der Waals surface area (Å²) in [5, 5.41) is -0.132.